The molecule has 0 saturated heterocycles. The summed E-state index contributed by atoms with van der Waals surface area (Å²) in [6.07, 6.45) is 0.510. The molecule has 0 saturated carbocycles. The Bertz CT molecular complexity index is 1630. The van der Waals surface area contributed by atoms with Gasteiger partial charge in [0.05, 0.1) is 18.4 Å². The second-order valence-electron chi connectivity index (χ2n) is 8.44. The lowest BCUT2D eigenvalue weighted by Gasteiger charge is -2.08. The normalized spacial score (nSPS) is 11.9. The molecule has 5 rings (SSSR count). The van der Waals surface area contributed by atoms with Crippen LogP contribution in [0.5, 0.6) is 0 Å². The van der Waals surface area contributed by atoms with Crippen molar-refractivity contribution in [2.75, 3.05) is 0 Å². The molecule has 184 valence electrons. The molecule has 0 unspecified atom stereocenters. The minimum Gasteiger partial charge on any atom is -0.333 e. The van der Waals surface area contributed by atoms with Crippen molar-refractivity contribution in [2.24, 2.45) is 14.1 Å². The molecule has 0 N–H and O–H groups in total. The van der Waals surface area contributed by atoms with Gasteiger partial charge in [-0.25, -0.2) is 19.7 Å². The first kappa shape index (κ1) is 23.5. The molecule has 0 aliphatic heterocycles. The molecule has 4 heterocycles. The van der Waals surface area contributed by atoms with Crippen LogP contribution in [0.1, 0.15) is 23.9 Å². The van der Waals surface area contributed by atoms with Crippen LogP contribution < -0.4 is 5.69 Å². The molecule has 0 radical (unpaired) electrons. The third-order valence-corrected chi connectivity index (χ3v) is 6.07. The Morgan fingerprint density at radius 3 is 2.42 bits per heavy atom. The average Bonchev–Trinajstić information content (AvgIpc) is 3.38. The van der Waals surface area contributed by atoms with Gasteiger partial charge >= 0.3 is 11.9 Å². The van der Waals surface area contributed by atoms with Gasteiger partial charge in [0.25, 0.3) is 0 Å². The fraction of sp³-hybridized carbons (Fsp3) is 0.240. The first-order chi connectivity index (χ1) is 17.2. The number of alkyl halides is 3. The Hall–Kier alpha value is -4.28. The van der Waals surface area contributed by atoms with E-state index in [4.69, 9.17) is 4.98 Å². The largest absolute Gasteiger partial charge is 0.434 e. The van der Waals surface area contributed by atoms with Gasteiger partial charge in [0.2, 0.25) is 0 Å². The number of nitrogens with zero attached hydrogens (tertiary/aromatic N) is 7. The zero-order valence-electron chi connectivity index (χ0n) is 19.8. The molecule has 36 heavy (non-hydrogen) atoms. The lowest BCUT2D eigenvalue weighted by molar-refractivity contribution is -0.140. The topological polar surface area (TPSA) is 83.4 Å². The Balaban J connectivity index is 1.51. The van der Waals surface area contributed by atoms with Crippen molar-refractivity contribution in [2.45, 2.75) is 26.1 Å². The van der Waals surface area contributed by atoms with E-state index in [2.05, 4.69) is 15.0 Å². The van der Waals surface area contributed by atoms with Crippen molar-refractivity contribution in [3.63, 3.8) is 0 Å². The standard InChI is InChI=1S/C25H22F3N7O/c1-4-18-17(6-5-11-29-18)21-30-12-19-23(32-21)35(24(36)34(19)3)13-15-7-9-16(10-8-15)22-31-20(14-33(22)2)25(26,27)28/h5-12,14H,4,13H2,1-3H3. The third kappa shape index (κ3) is 4.06. The van der Waals surface area contributed by atoms with E-state index in [1.54, 1.807) is 48.3 Å². The summed E-state index contributed by atoms with van der Waals surface area (Å²) in [6, 6.07) is 10.6. The molecule has 0 amide bonds. The molecule has 0 spiro atoms. The zero-order chi connectivity index (χ0) is 25.6. The van der Waals surface area contributed by atoms with E-state index in [9.17, 15) is 18.0 Å². The van der Waals surface area contributed by atoms with Crippen molar-refractivity contribution in [1.29, 1.82) is 0 Å². The summed E-state index contributed by atoms with van der Waals surface area (Å²) in [5.74, 6) is 0.689. The van der Waals surface area contributed by atoms with Crippen LogP contribution in [-0.2, 0) is 33.2 Å². The van der Waals surface area contributed by atoms with Gasteiger partial charge in [-0.2, -0.15) is 13.2 Å². The molecule has 0 bridgehead atoms. The highest BCUT2D eigenvalue weighted by molar-refractivity contribution is 5.74. The van der Waals surface area contributed by atoms with Gasteiger partial charge < -0.3 is 4.57 Å². The van der Waals surface area contributed by atoms with Crippen molar-refractivity contribution < 1.29 is 13.2 Å². The molecule has 0 fully saturated rings. The second kappa shape index (κ2) is 8.74. The van der Waals surface area contributed by atoms with Crippen molar-refractivity contribution in [1.82, 2.24) is 33.6 Å². The Kier molecular flexibility index (Phi) is 5.70. The molecular formula is C25H22F3N7O. The predicted octanol–water partition coefficient (Wildman–Crippen LogP) is 4.22. The van der Waals surface area contributed by atoms with Crippen molar-refractivity contribution in [3.8, 4) is 22.8 Å². The number of fused-ring (bicyclic) bond motifs is 1. The maximum atomic E-state index is 13.0. The fourth-order valence-corrected chi connectivity index (χ4v) is 4.18. The van der Waals surface area contributed by atoms with Gasteiger partial charge in [0.15, 0.2) is 17.2 Å². The smallest absolute Gasteiger partial charge is 0.333 e. The van der Waals surface area contributed by atoms with E-state index in [1.807, 2.05) is 19.1 Å². The minimum absolute atomic E-state index is 0.205. The van der Waals surface area contributed by atoms with Crippen LogP contribution in [0.2, 0.25) is 0 Å². The summed E-state index contributed by atoms with van der Waals surface area (Å²) in [5, 5.41) is 0. The number of pyridine rings is 1. The first-order valence-corrected chi connectivity index (χ1v) is 11.2. The molecule has 1 aromatic carbocycles. The number of aryl methyl sites for hydroxylation is 3. The molecule has 8 nitrogen and oxygen atoms in total. The van der Waals surface area contributed by atoms with Crippen molar-refractivity contribution >= 4 is 11.2 Å². The van der Waals surface area contributed by atoms with Gasteiger partial charge in [-0.05, 0) is 24.1 Å². The van der Waals surface area contributed by atoms with Crippen LogP contribution >= 0.6 is 0 Å². The summed E-state index contributed by atoms with van der Waals surface area (Å²) in [4.78, 5) is 30.3. The Morgan fingerprint density at radius 1 is 1.00 bits per heavy atom. The van der Waals surface area contributed by atoms with Gasteiger partial charge in [-0.1, -0.05) is 31.2 Å². The van der Waals surface area contributed by atoms with Gasteiger partial charge in [0, 0.05) is 37.6 Å². The maximum Gasteiger partial charge on any atom is 0.434 e. The Morgan fingerprint density at radius 2 is 1.75 bits per heavy atom. The average molecular weight is 493 g/mol. The number of imidazole rings is 2. The van der Waals surface area contributed by atoms with E-state index in [-0.39, 0.29) is 18.1 Å². The quantitative estimate of drug-likeness (QED) is 0.366. The second-order valence-corrected chi connectivity index (χ2v) is 8.44. The molecule has 11 heteroatoms. The third-order valence-electron chi connectivity index (χ3n) is 6.07. The van der Waals surface area contributed by atoms with Crippen LogP contribution in [0.4, 0.5) is 13.2 Å². The number of rotatable bonds is 5. The SMILES string of the molecule is CCc1ncccc1-c1ncc2c(n1)n(Cc1ccc(-c3nc(C(F)(F)F)cn3C)cc1)c(=O)n2C. The fourth-order valence-electron chi connectivity index (χ4n) is 4.18. The van der Waals surface area contributed by atoms with E-state index in [1.165, 1.54) is 16.2 Å². The van der Waals surface area contributed by atoms with Gasteiger partial charge in [-0.15, -0.1) is 0 Å². The van der Waals surface area contributed by atoms with E-state index in [0.29, 0.717) is 29.0 Å². The summed E-state index contributed by atoms with van der Waals surface area (Å²) >= 11 is 0. The minimum atomic E-state index is -4.51. The summed E-state index contributed by atoms with van der Waals surface area (Å²) < 4.78 is 43.5. The molecule has 0 aliphatic rings. The molecule has 0 aliphatic carbocycles. The first-order valence-electron chi connectivity index (χ1n) is 11.2. The van der Waals surface area contributed by atoms with Crippen LogP contribution in [0.15, 0.2) is 59.8 Å². The molecule has 5 aromatic rings. The van der Waals surface area contributed by atoms with Crippen LogP contribution in [0.25, 0.3) is 33.9 Å². The molecule has 4 aromatic heterocycles. The van der Waals surface area contributed by atoms with Crippen molar-refractivity contribution in [3.05, 3.63) is 82.4 Å². The molecule has 0 atom stereocenters. The van der Waals surface area contributed by atoms with Gasteiger partial charge in [-0.3, -0.25) is 14.1 Å². The monoisotopic (exact) mass is 493 g/mol. The van der Waals surface area contributed by atoms with Crippen LogP contribution in [-0.4, -0.2) is 33.6 Å². The highest BCUT2D eigenvalue weighted by Gasteiger charge is 2.34. The summed E-state index contributed by atoms with van der Waals surface area (Å²) in [7, 11) is 3.18. The van der Waals surface area contributed by atoms with Crippen LogP contribution in [0, 0.1) is 0 Å². The number of benzene rings is 1. The predicted molar refractivity (Wildman–Crippen MR) is 128 cm³/mol. The van der Waals surface area contributed by atoms with E-state index < -0.39 is 11.9 Å². The highest BCUT2D eigenvalue weighted by Crippen LogP contribution is 2.30. The summed E-state index contributed by atoms with van der Waals surface area (Å²) in [6.45, 7) is 2.23. The van der Waals surface area contributed by atoms with E-state index >= 15 is 0 Å². The Labute approximate surface area is 203 Å². The maximum absolute atomic E-state index is 13.0. The number of hydrogen-bond donors (Lipinski definition) is 0. The molecular weight excluding hydrogens is 471 g/mol. The zero-order valence-corrected chi connectivity index (χ0v) is 19.8. The number of aromatic nitrogens is 7. The van der Waals surface area contributed by atoms with Gasteiger partial charge in [0.1, 0.15) is 11.3 Å². The number of hydrogen-bond acceptors (Lipinski definition) is 5. The summed E-state index contributed by atoms with van der Waals surface area (Å²) in [5.41, 5.74) is 2.88. The van der Waals surface area contributed by atoms with E-state index in [0.717, 1.165) is 23.0 Å². The lowest BCUT2D eigenvalue weighted by Crippen LogP contribution is -2.22. The van der Waals surface area contributed by atoms with Crippen LogP contribution in [0.3, 0.4) is 0 Å². The highest BCUT2D eigenvalue weighted by atomic mass is 19.4. The lowest BCUT2D eigenvalue weighted by atomic mass is 10.1. The number of halogens is 3.